The van der Waals surface area contributed by atoms with Crippen molar-refractivity contribution >= 4 is 11.5 Å². The molecule has 0 unspecified atom stereocenters. The van der Waals surface area contributed by atoms with Crippen LogP contribution < -0.4 is 5.73 Å². The first kappa shape index (κ1) is 12.7. The predicted molar refractivity (Wildman–Crippen MR) is 63.8 cm³/mol. The van der Waals surface area contributed by atoms with Crippen molar-refractivity contribution in [1.29, 1.82) is 0 Å². The zero-order valence-electron chi connectivity index (χ0n) is 10.0. The van der Waals surface area contributed by atoms with Crippen molar-refractivity contribution in [2.24, 2.45) is 5.41 Å². The molecule has 0 heterocycles. The van der Waals surface area contributed by atoms with Gasteiger partial charge in [0.15, 0.2) is 5.78 Å². The molecule has 0 aliphatic carbocycles. The highest BCUT2D eigenvalue weighted by atomic mass is 19.1. The maximum atomic E-state index is 13.0. The van der Waals surface area contributed by atoms with E-state index >= 15 is 0 Å². The van der Waals surface area contributed by atoms with Gasteiger partial charge in [0.25, 0.3) is 0 Å². The van der Waals surface area contributed by atoms with Crippen LogP contribution in [0.15, 0.2) is 18.2 Å². The smallest absolute Gasteiger partial charge is 0.165 e. The van der Waals surface area contributed by atoms with E-state index in [-0.39, 0.29) is 11.2 Å². The molecular weight excluding hydrogens is 205 g/mol. The number of nitrogen functional groups attached to an aromatic ring is 1. The minimum Gasteiger partial charge on any atom is -0.398 e. The molecule has 88 valence electrons. The quantitative estimate of drug-likeness (QED) is 0.630. The normalized spacial score (nSPS) is 11.5. The molecule has 3 heteroatoms. The van der Waals surface area contributed by atoms with Crippen LogP contribution in [0, 0.1) is 11.2 Å². The summed E-state index contributed by atoms with van der Waals surface area (Å²) >= 11 is 0. The van der Waals surface area contributed by atoms with Gasteiger partial charge in [0.1, 0.15) is 5.82 Å². The largest absolute Gasteiger partial charge is 0.398 e. The summed E-state index contributed by atoms with van der Waals surface area (Å²) in [6.07, 6.45) is 1.17. The molecule has 0 fully saturated rings. The average molecular weight is 223 g/mol. The van der Waals surface area contributed by atoms with E-state index < -0.39 is 5.82 Å². The minimum absolute atomic E-state index is 0.0908. The first-order valence-corrected chi connectivity index (χ1v) is 5.38. The van der Waals surface area contributed by atoms with Crippen molar-refractivity contribution in [3.8, 4) is 0 Å². The summed E-state index contributed by atoms with van der Waals surface area (Å²) in [4.78, 5) is 11.8. The molecule has 0 amide bonds. The SMILES string of the molecule is CC(C)(C)CCC(=O)c1cc(F)ccc1N. The predicted octanol–water partition coefficient (Wildman–Crippen LogP) is 3.42. The molecule has 0 saturated carbocycles. The van der Waals surface area contributed by atoms with Crippen LogP contribution in [0.25, 0.3) is 0 Å². The number of carbonyl (C=O) groups excluding carboxylic acids is 1. The van der Waals surface area contributed by atoms with Gasteiger partial charge in [-0.2, -0.15) is 0 Å². The van der Waals surface area contributed by atoms with Crippen LogP contribution in [0.1, 0.15) is 44.0 Å². The highest BCUT2D eigenvalue weighted by molar-refractivity contribution is 6.00. The maximum Gasteiger partial charge on any atom is 0.165 e. The number of carbonyl (C=O) groups is 1. The van der Waals surface area contributed by atoms with Crippen LogP contribution in [0.5, 0.6) is 0 Å². The second kappa shape index (κ2) is 4.64. The standard InChI is InChI=1S/C13H18FNO/c1-13(2,3)7-6-12(16)10-8-9(14)4-5-11(10)15/h4-5,8H,6-7,15H2,1-3H3. The number of nitrogens with two attached hydrogens (primary N) is 1. The third-order valence-electron chi connectivity index (χ3n) is 2.42. The molecule has 0 bridgehead atoms. The van der Waals surface area contributed by atoms with E-state index in [1.54, 1.807) is 0 Å². The summed E-state index contributed by atoms with van der Waals surface area (Å²) in [5.74, 6) is -0.514. The van der Waals surface area contributed by atoms with Crippen molar-refractivity contribution in [3.63, 3.8) is 0 Å². The summed E-state index contributed by atoms with van der Waals surface area (Å²) in [5.41, 5.74) is 6.38. The molecule has 2 nitrogen and oxygen atoms in total. The summed E-state index contributed by atoms with van der Waals surface area (Å²) in [6, 6.07) is 3.90. The molecule has 0 radical (unpaired) electrons. The third kappa shape index (κ3) is 3.65. The Morgan fingerprint density at radius 3 is 2.56 bits per heavy atom. The second-order valence-corrected chi connectivity index (χ2v) is 5.22. The lowest BCUT2D eigenvalue weighted by Crippen LogP contribution is -2.10. The number of hydrogen-bond acceptors (Lipinski definition) is 2. The molecule has 0 aliphatic heterocycles. The highest BCUT2D eigenvalue weighted by Gasteiger charge is 2.16. The van der Waals surface area contributed by atoms with Crippen LogP contribution >= 0.6 is 0 Å². The van der Waals surface area contributed by atoms with Crippen molar-refractivity contribution < 1.29 is 9.18 Å². The monoisotopic (exact) mass is 223 g/mol. The number of anilines is 1. The number of halogens is 1. The van der Waals surface area contributed by atoms with E-state index in [9.17, 15) is 9.18 Å². The van der Waals surface area contributed by atoms with Gasteiger partial charge in [0.2, 0.25) is 0 Å². The lowest BCUT2D eigenvalue weighted by atomic mass is 9.88. The Morgan fingerprint density at radius 1 is 1.38 bits per heavy atom. The lowest BCUT2D eigenvalue weighted by Gasteiger charge is -2.17. The van der Waals surface area contributed by atoms with Crippen LogP contribution in [0.3, 0.4) is 0 Å². The topological polar surface area (TPSA) is 43.1 Å². The Balaban J connectivity index is 2.77. The van der Waals surface area contributed by atoms with Crippen molar-refractivity contribution in [1.82, 2.24) is 0 Å². The second-order valence-electron chi connectivity index (χ2n) is 5.22. The Bertz CT molecular complexity index is 393. The van der Waals surface area contributed by atoms with Crippen LogP contribution in [-0.2, 0) is 0 Å². The first-order valence-electron chi connectivity index (χ1n) is 5.38. The van der Waals surface area contributed by atoms with Gasteiger partial charge in [-0.3, -0.25) is 4.79 Å². The first-order chi connectivity index (χ1) is 7.29. The lowest BCUT2D eigenvalue weighted by molar-refractivity contribution is 0.0966. The van der Waals surface area contributed by atoms with Gasteiger partial charge >= 0.3 is 0 Å². The summed E-state index contributed by atoms with van der Waals surface area (Å²) in [6.45, 7) is 6.19. The summed E-state index contributed by atoms with van der Waals surface area (Å²) in [7, 11) is 0. The number of benzene rings is 1. The maximum absolute atomic E-state index is 13.0. The van der Waals surface area contributed by atoms with Gasteiger partial charge in [0, 0.05) is 17.7 Å². The molecule has 0 spiro atoms. The Hall–Kier alpha value is -1.38. The van der Waals surface area contributed by atoms with Gasteiger partial charge in [-0.25, -0.2) is 4.39 Å². The molecule has 0 saturated heterocycles. The van der Waals surface area contributed by atoms with Gasteiger partial charge in [-0.05, 0) is 30.0 Å². The fraction of sp³-hybridized carbons (Fsp3) is 0.462. The van der Waals surface area contributed by atoms with E-state index in [1.807, 2.05) is 0 Å². The molecule has 1 aromatic carbocycles. The Kier molecular flexibility index (Phi) is 3.68. The average Bonchev–Trinajstić information content (AvgIpc) is 2.17. The van der Waals surface area contributed by atoms with Crippen molar-refractivity contribution in [2.45, 2.75) is 33.6 Å². The van der Waals surface area contributed by atoms with E-state index in [1.165, 1.54) is 18.2 Å². The molecular formula is C13H18FNO. The van der Waals surface area contributed by atoms with Crippen LogP contribution in [0.4, 0.5) is 10.1 Å². The van der Waals surface area contributed by atoms with Crippen LogP contribution in [0.2, 0.25) is 0 Å². The molecule has 0 aliphatic rings. The molecule has 1 rings (SSSR count). The van der Waals surface area contributed by atoms with E-state index in [0.29, 0.717) is 17.7 Å². The van der Waals surface area contributed by atoms with Gasteiger partial charge in [-0.1, -0.05) is 20.8 Å². The van der Waals surface area contributed by atoms with Crippen LogP contribution in [-0.4, -0.2) is 5.78 Å². The van der Waals surface area contributed by atoms with Gasteiger partial charge in [-0.15, -0.1) is 0 Å². The molecule has 2 N–H and O–H groups in total. The highest BCUT2D eigenvalue weighted by Crippen LogP contribution is 2.23. The third-order valence-corrected chi connectivity index (χ3v) is 2.42. The van der Waals surface area contributed by atoms with Gasteiger partial charge < -0.3 is 5.73 Å². The van der Waals surface area contributed by atoms with Gasteiger partial charge in [0.05, 0.1) is 0 Å². The fourth-order valence-electron chi connectivity index (χ4n) is 1.39. The summed E-state index contributed by atoms with van der Waals surface area (Å²) in [5, 5.41) is 0. The Labute approximate surface area is 95.7 Å². The molecule has 16 heavy (non-hydrogen) atoms. The van der Waals surface area contributed by atoms with Crippen molar-refractivity contribution in [2.75, 3.05) is 5.73 Å². The van der Waals surface area contributed by atoms with E-state index in [4.69, 9.17) is 5.73 Å². The Morgan fingerprint density at radius 2 is 2.00 bits per heavy atom. The number of hydrogen-bond donors (Lipinski definition) is 1. The number of Topliss-reactive ketones (excluding diaryl/α,β-unsaturated/α-hetero) is 1. The van der Waals surface area contributed by atoms with E-state index in [2.05, 4.69) is 20.8 Å². The number of rotatable bonds is 3. The molecule has 0 atom stereocenters. The van der Waals surface area contributed by atoms with E-state index in [0.717, 1.165) is 6.42 Å². The summed E-state index contributed by atoms with van der Waals surface area (Å²) < 4.78 is 13.0. The number of ketones is 1. The molecule has 1 aromatic rings. The minimum atomic E-state index is -0.423. The fourth-order valence-corrected chi connectivity index (χ4v) is 1.39. The van der Waals surface area contributed by atoms with Crippen molar-refractivity contribution in [3.05, 3.63) is 29.6 Å². The molecule has 0 aromatic heterocycles. The zero-order chi connectivity index (χ0) is 12.3. The zero-order valence-corrected chi connectivity index (χ0v) is 10.0.